The fourth-order valence-corrected chi connectivity index (χ4v) is 2.83. The highest BCUT2D eigenvalue weighted by molar-refractivity contribution is 7.80. The molecule has 1 atom stereocenters. The summed E-state index contributed by atoms with van der Waals surface area (Å²) in [4.78, 5) is 12.3. The van der Waals surface area contributed by atoms with Crippen molar-refractivity contribution < 1.29 is 19.4 Å². The summed E-state index contributed by atoms with van der Waals surface area (Å²) in [6, 6.07) is 2.59. The van der Waals surface area contributed by atoms with Crippen LogP contribution in [0, 0.1) is 0 Å². The van der Waals surface area contributed by atoms with Crippen LogP contribution in [0.1, 0.15) is 25.5 Å². The van der Waals surface area contributed by atoms with E-state index in [1.54, 1.807) is 26.0 Å². The highest BCUT2D eigenvalue weighted by atomic mass is 35.5. The van der Waals surface area contributed by atoms with E-state index in [9.17, 15) is 9.90 Å². The minimum Gasteiger partial charge on any atom is -0.503 e. The lowest BCUT2D eigenvalue weighted by Gasteiger charge is -2.30. The van der Waals surface area contributed by atoms with Gasteiger partial charge in [-0.25, -0.2) is 4.79 Å². The summed E-state index contributed by atoms with van der Waals surface area (Å²) < 4.78 is 10.2. The van der Waals surface area contributed by atoms with Crippen molar-refractivity contribution in [2.45, 2.75) is 19.9 Å². The molecule has 0 saturated carbocycles. The van der Waals surface area contributed by atoms with Gasteiger partial charge in [0.2, 0.25) is 0 Å². The minimum absolute atomic E-state index is 0.117. The molecule has 0 bridgehead atoms. The topological polar surface area (TPSA) is 79.8 Å². The second-order valence-corrected chi connectivity index (χ2v) is 5.66. The van der Waals surface area contributed by atoms with Crippen molar-refractivity contribution in [3.05, 3.63) is 34.0 Å². The number of thiocarbonyl (C=S) groups is 1. The maximum Gasteiger partial charge on any atom is 0.338 e. The highest BCUT2D eigenvalue weighted by Crippen LogP contribution is 2.39. The maximum atomic E-state index is 12.3. The molecule has 23 heavy (non-hydrogen) atoms. The van der Waals surface area contributed by atoms with Gasteiger partial charge in [-0.15, -0.1) is 0 Å². The molecular weight excluding hydrogens is 340 g/mol. The van der Waals surface area contributed by atoms with Crippen LogP contribution in [0.25, 0.3) is 0 Å². The smallest absolute Gasteiger partial charge is 0.338 e. The van der Waals surface area contributed by atoms with Gasteiger partial charge < -0.3 is 25.2 Å². The van der Waals surface area contributed by atoms with Crippen LogP contribution in [0.2, 0.25) is 5.02 Å². The number of benzene rings is 1. The number of ether oxygens (including phenoxy) is 2. The van der Waals surface area contributed by atoms with Gasteiger partial charge in [-0.1, -0.05) is 11.6 Å². The number of phenolic OH excluding ortho intramolecular Hbond substituents is 1. The molecule has 0 amide bonds. The number of nitrogens with one attached hydrogen (secondary N) is 2. The molecule has 0 aromatic heterocycles. The lowest BCUT2D eigenvalue weighted by atomic mass is 9.95. The third kappa shape index (κ3) is 3.51. The number of allylic oxidation sites excluding steroid dienone is 1. The van der Waals surface area contributed by atoms with Gasteiger partial charge in [0.25, 0.3) is 0 Å². The van der Waals surface area contributed by atoms with E-state index >= 15 is 0 Å². The predicted octanol–water partition coefficient (Wildman–Crippen LogP) is 2.41. The van der Waals surface area contributed by atoms with Crippen LogP contribution in [0.3, 0.4) is 0 Å². The van der Waals surface area contributed by atoms with E-state index in [-0.39, 0.29) is 23.1 Å². The molecule has 8 heteroatoms. The molecule has 1 aliphatic heterocycles. The Morgan fingerprint density at radius 1 is 1.48 bits per heavy atom. The number of methoxy groups -OCH3 is 1. The summed E-state index contributed by atoms with van der Waals surface area (Å²) in [6.07, 6.45) is 0. The molecule has 1 heterocycles. The number of carbonyl (C=O) groups excluding carboxylic acids is 1. The SMILES string of the molecule is CCOC(=O)C1=C(C)NC(=S)NC1c1cc(Cl)c(O)c(OC)c1. The third-order valence-electron chi connectivity index (χ3n) is 3.37. The number of esters is 1. The number of halogens is 1. The largest absolute Gasteiger partial charge is 0.503 e. The second kappa shape index (κ2) is 7.06. The van der Waals surface area contributed by atoms with Crippen LogP contribution in [0.4, 0.5) is 0 Å². The maximum absolute atomic E-state index is 12.3. The van der Waals surface area contributed by atoms with Crippen LogP contribution >= 0.6 is 23.8 Å². The molecule has 6 nitrogen and oxygen atoms in total. The first-order valence-corrected chi connectivity index (χ1v) is 7.69. The zero-order valence-electron chi connectivity index (χ0n) is 12.9. The standard InChI is InChI=1S/C15H17ClN2O4S/c1-4-22-14(20)11-7(2)17-15(23)18-12(11)8-5-9(16)13(19)10(6-8)21-3/h5-6,12,19H,4H2,1-3H3,(H2,17,18,23). The molecule has 0 fully saturated rings. The molecule has 0 aliphatic carbocycles. The van der Waals surface area contributed by atoms with E-state index < -0.39 is 12.0 Å². The molecule has 3 N–H and O–H groups in total. The Morgan fingerprint density at radius 3 is 2.78 bits per heavy atom. The van der Waals surface area contributed by atoms with Gasteiger partial charge in [-0.05, 0) is 43.8 Å². The monoisotopic (exact) mass is 356 g/mol. The Balaban J connectivity index is 2.54. The van der Waals surface area contributed by atoms with Gasteiger partial charge in [-0.2, -0.15) is 0 Å². The lowest BCUT2D eigenvalue weighted by molar-refractivity contribution is -0.139. The van der Waals surface area contributed by atoms with Crippen molar-refractivity contribution in [3.8, 4) is 11.5 Å². The average molecular weight is 357 g/mol. The average Bonchev–Trinajstić information content (AvgIpc) is 2.49. The van der Waals surface area contributed by atoms with E-state index in [0.717, 1.165) is 0 Å². The zero-order valence-corrected chi connectivity index (χ0v) is 14.5. The Bertz CT molecular complexity index is 690. The molecule has 1 aromatic carbocycles. The number of carbonyl (C=O) groups is 1. The summed E-state index contributed by atoms with van der Waals surface area (Å²) >= 11 is 11.2. The van der Waals surface area contributed by atoms with Crippen molar-refractivity contribution in [2.75, 3.05) is 13.7 Å². The summed E-state index contributed by atoms with van der Waals surface area (Å²) in [7, 11) is 1.42. The van der Waals surface area contributed by atoms with Crippen molar-refractivity contribution >= 4 is 34.9 Å². The highest BCUT2D eigenvalue weighted by Gasteiger charge is 2.31. The van der Waals surface area contributed by atoms with Crippen molar-refractivity contribution in [2.24, 2.45) is 0 Å². The van der Waals surface area contributed by atoms with Gasteiger partial charge in [0.15, 0.2) is 16.6 Å². The van der Waals surface area contributed by atoms with Gasteiger partial charge in [0.1, 0.15) is 0 Å². The Kier molecular flexibility index (Phi) is 5.33. The minimum atomic E-state index is -0.560. The fourth-order valence-electron chi connectivity index (χ4n) is 2.34. The number of aromatic hydroxyl groups is 1. The summed E-state index contributed by atoms with van der Waals surface area (Å²) in [5.74, 6) is -0.409. The number of phenols is 1. The molecule has 124 valence electrons. The molecule has 1 aromatic rings. The molecule has 0 saturated heterocycles. The number of hydrogen-bond acceptors (Lipinski definition) is 5. The van der Waals surface area contributed by atoms with E-state index in [0.29, 0.717) is 21.9 Å². The molecular formula is C15H17ClN2O4S. The zero-order chi connectivity index (χ0) is 17.1. The number of hydrogen-bond donors (Lipinski definition) is 3. The van der Waals surface area contributed by atoms with Gasteiger partial charge in [-0.3, -0.25) is 0 Å². The van der Waals surface area contributed by atoms with Crippen molar-refractivity contribution in [1.29, 1.82) is 0 Å². The van der Waals surface area contributed by atoms with E-state index in [1.807, 2.05) is 0 Å². The molecule has 1 aliphatic rings. The van der Waals surface area contributed by atoms with Crippen molar-refractivity contribution in [1.82, 2.24) is 10.6 Å². The molecule has 2 rings (SSSR count). The normalized spacial score (nSPS) is 17.4. The fraction of sp³-hybridized carbons (Fsp3) is 0.333. The first kappa shape index (κ1) is 17.4. The van der Waals surface area contributed by atoms with Gasteiger partial charge in [0.05, 0.1) is 30.4 Å². The predicted molar refractivity (Wildman–Crippen MR) is 90.6 cm³/mol. The quantitative estimate of drug-likeness (QED) is 0.564. The van der Waals surface area contributed by atoms with Crippen LogP contribution in [0.5, 0.6) is 11.5 Å². The molecule has 0 radical (unpaired) electrons. The van der Waals surface area contributed by atoms with Gasteiger partial charge in [0, 0.05) is 5.70 Å². The molecule has 1 unspecified atom stereocenters. The first-order chi connectivity index (χ1) is 10.9. The summed E-state index contributed by atoms with van der Waals surface area (Å²) in [5, 5.41) is 16.3. The summed E-state index contributed by atoms with van der Waals surface area (Å²) in [5.41, 5.74) is 1.61. The Hall–Kier alpha value is -1.99. The van der Waals surface area contributed by atoms with Crippen LogP contribution in [-0.4, -0.2) is 29.9 Å². The van der Waals surface area contributed by atoms with Crippen molar-refractivity contribution in [3.63, 3.8) is 0 Å². The van der Waals surface area contributed by atoms with E-state index in [4.69, 9.17) is 33.3 Å². The Labute approximate surface area is 144 Å². The van der Waals surface area contributed by atoms with Gasteiger partial charge >= 0.3 is 5.97 Å². The summed E-state index contributed by atoms with van der Waals surface area (Å²) in [6.45, 7) is 3.73. The Morgan fingerprint density at radius 2 is 2.17 bits per heavy atom. The van der Waals surface area contributed by atoms with Crippen LogP contribution < -0.4 is 15.4 Å². The van der Waals surface area contributed by atoms with E-state index in [2.05, 4.69) is 10.6 Å². The number of rotatable bonds is 4. The molecule has 0 spiro atoms. The second-order valence-electron chi connectivity index (χ2n) is 4.84. The third-order valence-corrected chi connectivity index (χ3v) is 3.88. The first-order valence-electron chi connectivity index (χ1n) is 6.90. The van der Waals surface area contributed by atoms with E-state index in [1.165, 1.54) is 7.11 Å². The van der Waals surface area contributed by atoms with Crippen LogP contribution in [0.15, 0.2) is 23.4 Å². The lowest BCUT2D eigenvalue weighted by Crippen LogP contribution is -2.45. The van der Waals surface area contributed by atoms with Crippen LogP contribution in [-0.2, 0) is 9.53 Å².